The smallest absolute Gasteiger partial charge is 0.225 e. The summed E-state index contributed by atoms with van der Waals surface area (Å²) < 4.78 is 0. The van der Waals surface area contributed by atoms with E-state index < -0.39 is 0 Å². The van der Waals surface area contributed by atoms with Gasteiger partial charge in [-0.15, -0.1) is 0 Å². The van der Waals surface area contributed by atoms with Gasteiger partial charge in [-0.2, -0.15) is 0 Å². The Balaban J connectivity index is 2.59. The molecule has 4 nitrogen and oxygen atoms in total. The minimum atomic E-state index is -0.120. The summed E-state index contributed by atoms with van der Waals surface area (Å²) in [6, 6.07) is 0. The molecule has 0 unspecified atom stereocenters. The van der Waals surface area contributed by atoms with E-state index >= 15 is 0 Å². The Labute approximate surface area is 104 Å². The average Bonchev–Trinajstić information content (AvgIpc) is 2.22. The Kier molecular flexibility index (Phi) is 4.96. The quantitative estimate of drug-likeness (QED) is 0.848. The van der Waals surface area contributed by atoms with Crippen LogP contribution < -0.4 is 5.32 Å². The van der Waals surface area contributed by atoms with Crippen LogP contribution in [0.15, 0.2) is 6.33 Å². The predicted octanol–water partition coefficient (Wildman–Crippen LogP) is 3.16. The van der Waals surface area contributed by atoms with Crippen molar-refractivity contribution in [3.05, 3.63) is 16.5 Å². The molecule has 1 aromatic rings. The number of halogens is 2. The first-order valence-corrected chi connectivity index (χ1v) is 5.72. The Bertz CT molecular complexity index is 382. The molecule has 0 saturated heterocycles. The molecule has 0 aromatic carbocycles. The molecule has 0 aliphatic heterocycles. The van der Waals surface area contributed by atoms with Crippen LogP contribution in [0.5, 0.6) is 0 Å². The molecule has 0 spiro atoms. The predicted molar refractivity (Wildman–Crippen MR) is 64.8 cm³/mol. The van der Waals surface area contributed by atoms with Gasteiger partial charge in [0.1, 0.15) is 11.3 Å². The largest absolute Gasteiger partial charge is 0.309 e. The van der Waals surface area contributed by atoms with Gasteiger partial charge in [-0.25, -0.2) is 9.97 Å². The zero-order valence-corrected chi connectivity index (χ0v) is 10.6. The number of anilines is 1. The second kappa shape index (κ2) is 6.01. The van der Waals surface area contributed by atoms with Gasteiger partial charge < -0.3 is 5.32 Å². The normalized spacial score (nSPS) is 10.6. The Morgan fingerprint density at radius 3 is 2.75 bits per heavy atom. The standard InChI is InChI=1S/C10H13Cl2N3O/c1-6(2)3-4-7(16)15-10-8(11)9(12)13-5-14-10/h5-6H,3-4H2,1-2H3,(H,13,14,15,16). The van der Waals surface area contributed by atoms with Crippen molar-refractivity contribution in [2.24, 2.45) is 5.92 Å². The van der Waals surface area contributed by atoms with Crippen LogP contribution in [0.2, 0.25) is 10.2 Å². The van der Waals surface area contributed by atoms with Crippen LogP contribution >= 0.6 is 23.2 Å². The molecule has 1 aromatic heterocycles. The molecule has 88 valence electrons. The van der Waals surface area contributed by atoms with Crippen LogP contribution in [0.4, 0.5) is 5.82 Å². The number of nitrogens with zero attached hydrogens (tertiary/aromatic N) is 2. The first-order valence-electron chi connectivity index (χ1n) is 4.96. The van der Waals surface area contributed by atoms with Crippen molar-refractivity contribution in [2.45, 2.75) is 26.7 Å². The third kappa shape index (κ3) is 3.94. The highest BCUT2D eigenvalue weighted by molar-refractivity contribution is 6.42. The summed E-state index contributed by atoms with van der Waals surface area (Å²) in [7, 11) is 0. The fourth-order valence-electron chi connectivity index (χ4n) is 1.05. The van der Waals surface area contributed by atoms with Crippen LogP contribution in [0.1, 0.15) is 26.7 Å². The molecule has 1 rings (SSSR count). The van der Waals surface area contributed by atoms with Crippen molar-refractivity contribution >= 4 is 34.9 Å². The first kappa shape index (κ1) is 13.2. The lowest BCUT2D eigenvalue weighted by molar-refractivity contribution is -0.116. The van der Waals surface area contributed by atoms with Gasteiger partial charge in [0.15, 0.2) is 11.0 Å². The van der Waals surface area contributed by atoms with Crippen LogP contribution in [0.3, 0.4) is 0 Å². The minimum Gasteiger partial charge on any atom is -0.309 e. The maximum atomic E-state index is 11.5. The van der Waals surface area contributed by atoms with E-state index in [0.717, 1.165) is 6.42 Å². The molecule has 0 aliphatic carbocycles. The fourth-order valence-corrected chi connectivity index (χ4v) is 1.33. The number of amides is 1. The van der Waals surface area contributed by atoms with E-state index in [1.165, 1.54) is 6.33 Å². The molecule has 0 saturated carbocycles. The van der Waals surface area contributed by atoms with Gasteiger partial charge in [0.25, 0.3) is 0 Å². The zero-order valence-electron chi connectivity index (χ0n) is 9.13. The van der Waals surface area contributed by atoms with Crippen LogP contribution in [0.25, 0.3) is 0 Å². The number of nitrogens with one attached hydrogen (secondary N) is 1. The molecule has 0 fully saturated rings. The third-order valence-corrected chi connectivity index (χ3v) is 2.69. The van der Waals surface area contributed by atoms with Crippen LogP contribution in [-0.4, -0.2) is 15.9 Å². The van der Waals surface area contributed by atoms with Gasteiger partial charge >= 0.3 is 0 Å². The lowest BCUT2D eigenvalue weighted by atomic mass is 10.1. The van der Waals surface area contributed by atoms with E-state index in [-0.39, 0.29) is 21.9 Å². The van der Waals surface area contributed by atoms with Gasteiger partial charge in [-0.3, -0.25) is 4.79 Å². The SMILES string of the molecule is CC(C)CCC(=O)Nc1ncnc(Cl)c1Cl. The topological polar surface area (TPSA) is 54.9 Å². The van der Waals surface area contributed by atoms with E-state index in [0.29, 0.717) is 12.3 Å². The summed E-state index contributed by atoms with van der Waals surface area (Å²) >= 11 is 11.5. The van der Waals surface area contributed by atoms with Crippen molar-refractivity contribution in [1.29, 1.82) is 0 Å². The molecule has 0 aliphatic rings. The summed E-state index contributed by atoms with van der Waals surface area (Å²) in [6.45, 7) is 4.11. The molecule has 0 bridgehead atoms. The fraction of sp³-hybridized carbons (Fsp3) is 0.500. The highest BCUT2D eigenvalue weighted by Gasteiger charge is 2.10. The number of carbonyl (C=O) groups excluding carboxylic acids is 1. The summed E-state index contributed by atoms with van der Waals surface area (Å²) in [5.41, 5.74) is 0. The number of hydrogen-bond acceptors (Lipinski definition) is 3. The van der Waals surface area contributed by atoms with Gasteiger partial charge in [-0.1, -0.05) is 37.0 Å². The molecule has 1 amide bonds. The van der Waals surface area contributed by atoms with Crippen molar-refractivity contribution in [1.82, 2.24) is 9.97 Å². The summed E-state index contributed by atoms with van der Waals surface area (Å²) in [5.74, 6) is 0.621. The molecule has 0 atom stereocenters. The van der Waals surface area contributed by atoms with E-state index in [1.807, 2.05) is 0 Å². The second-order valence-corrected chi connectivity index (χ2v) is 4.54. The van der Waals surface area contributed by atoms with Crippen molar-refractivity contribution in [3.8, 4) is 0 Å². The number of aromatic nitrogens is 2. The zero-order chi connectivity index (χ0) is 12.1. The maximum Gasteiger partial charge on any atom is 0.225 e. The lowest BCUT2D eigenvalue weighted by Crippen LogP contribution is -2.13. The minimum absolute atomic E-state index is 0.120. The van der Waals surface area contributed by atoms with E-state index in [2.05, 4.69) is 29.1 Å². The molecular weight excluding hydrogens is 249 g/mol. The Morgan fingerprint density at radius 2 is 2.12 bits per heavy atom. The van der Waals surface area contributed by atoms with Crippen molar-refractivity contribution in [3.63, 3.8) is 0 Å². The number of carbonyl (C=O) groups is 1. The average molecular weight is 262 g/mol. The first-order chi connectivity index (χ1) is 7.50. The Morgan fingerprint density at radius 1 is 1.44 bits per heavy atom. The van der Waals surface area contributed by atoms with Crippen LogP contribution in [0, 0.1) is 5.92 Å². The maximum absolute atomic E-state index is 11.5. The van der Waals surface area contributed by atoms with Gasteiger partial charge in [0.05, 0.1) is 0 Å². The summed E-state index contributed by atoms with van der Waals surface area (Å²) in [4.78, 5) is 19.0. The molecule has 1 N–H and O–H groups in total. The van der Waals surface area contributed by atoms with E-state index in [4.69, 9.17) is 23.2 Å². The van der Waals surface area contributed by atoms with Gasteiger partial charge in [-0.05, 0) is 12.3 Å². The highest BCUT2D eigenvalue weighted by Crippen LogP contribution is 2.25. The number of hydrogen-bond donors (Lipinski definition) is 1. The van der Waals surface area contributed by atoms with Gasteiger partial charge in [0, 0.05) is 6.42 Å². The van der Waals surface area contributed by atoms with Crippen molar-refractivity contribution < 1.29 is 4.79 Å². The summed E-state index contributed by atoms with van der Waals surface area (Å²) in [5, 5.41) is 2.90. The third-order valence-electron chi connectivity index (χ3n) is 1.95. The molecule has 6 heteroatoms. The van der Waals surface area contributed by atoms with Crippen LogP contribution in [-0.2, 0) is 4.79 Å². The molecule has 16 heavy (non-hydrogen) atoms. The highest BCUT2D eigenvalue weighted by atomic mass is 35.5. The molecule has 0 radical (unpaired) electrons. The Hall–Kier alpha value is -0.870. The summed E-state index contributed by atoms with van der Waals surface area (Å²) in [6.07, 6.45) is 2.52. The lowest BCUT2D eigenvalue weighted by Gasteiger charge is -2.07. The van der Waals surface area contributed by atoms with Gasteiger partial charge in [0.2, 0.25) is 5.91 Å². The molecular formula is C10H13Cl2N3O. The molecule has 1 heterocycles. The second-order valence-electron chi connectivity index (χ2n) is 3.81. The van der Waals surface area contributed by atoms with Crippen molar-refractivity contribution in [2.75, 3.05) is 5.32 Å². The number of rotatable bonds is 4. The van der Waals surface area contributed by atoms with E-state index in [9.17, 15) is 4.79 Å². The monoisotopic (exact) mass is 261 g/mol. The van der Waals surface area contributed by atoms with E-state index in [1.54, 1.807) is 0 Å².